The first kappa shape index (κ1) is 28.3. The Morgan fingerprint density at radius 3 is 2.40 bits per heavy atom. The number of benzene rings is 2. The summed E-state index contributed by atoms with van der Waals surface area (Å²) in [7, 11) is 4.18. The Bertz CT molecular complexity index is 1500. The van der Waals surface area contributed by atoms with Crippen molar-refractivity contribution in [2.45, 2.75) is 70.6 Å². The molecule has 1 atom stereocenters. The van der Waals surface area contributed by atoms with Gasteiger partial charge in [0.15, 0.2) is 17.7 Å². The van der Waals surface area contributed by atoms with Crippen molar-refractivity contribution in [3.05, 3.63) is 53.7 Å². The fourth-order valence-corrected chi connectivity index (χ4v) is 6.05. The highest BCUT2D eigenvalue weighted by Gasteiger charge is 2.36. The van der Waals surface area contributed by atoms with E-state index in [9.17, 15) is 4.79 Å². The van der Waals surface area contributed by atoms with Crippen LogP contribution in [0.15, 0.2) is 36.5 Å². The summed E-state index contributed by atoms with van der Waals surface area (Å²) in [5.74, 6) is -0.415. The number of fused-ring (bicyclic) bond motifs is 1. The highest BCUT2D eigenvalue weighted by Crippen LogP contribution is 2.46. The molecule has 2 fully saturated rings. The third-order valence-corrected chi connectivity index (χ3v) is 8.53. The zero-order valence-electron chi connectivity index (χ0n) is 24.8. The molecular formula is C32H38F2N6O2. The van der Waals surface area contributed by atoms with Crippen molar-refractivity contribution in [3.8, 4) is 17.0 Å². The molecule has 0 bridgehead atoms. The molecular weight excluding hydrogens is 538 g/mol. The molecule has 3 aromatic rings. The molecule has 2 aromatic carbocycles. The first-order valence-electron chi connectivity index (χ1n) is 14.8. The average Bonchev–Trinajstić information content (AvgIpc) is 3.80. The molecule has 1 N–H and O–H groups in total. The van der Waals surface area contributed by atoms with E-state index in [1.165, 1.54) is 12.1 Å². The molecule has 1 aromatic heterocycles. The number of rotatable bonds is 7. The molecule has 6 rings (SSSR count). The molecule has 222 valence electrons. The SMILES string of the molecule is CC1Oc2c(F)cc(-c3nc(Nc4ccc(N5CCC(N(C)C)CC5)c(F)c4)ncc3C3CC3)cc2N(C(C)C)C1=O. The minimum Gasteiger partial charge on any atom is -0.476 e. The molecule has 2 aliphatic heterocycles. The molecule has 1 unspecified atom stereocenters. The fraction of sp³-hybridized carbons (Fsp3) is 0.469. The van der Waals surface area contributed by atoms with E-state index in [0.717, 1.165) is 44.3 Å². The average molecular weight is 577 g/mol. The summed E-state index contributed by atoms with van der Waals surface area (Å²) >= 11 is 0. The van der Waals surface area contributed by atoms with Crippen LogP contribution in [-0.2, 0) is 4.79 Å². The smallest absolute Gasteiger partial charge is 0.268 e. The monoisotopic (exact) mass is 576 g/mol. The number of ether oxygens (including phenoxy) is 1. The molecule has 42 heavy (non-hydrogen) atoms. The Labute approximate surface area is 245 Å². The van der Waals surface area contributed by atoms with Crippen LogP contribution in [0.5, 0.6) is 5.75 Å². The molecule has 1 saturated heterocycles. The van der Waals surface area contributed by atoms with Gasteiger partial charge in [-0.3, -0.25) is 4.79 Å². The van der Waals surface area contributed by atoms with E-state index in [1.54, 1.807) is 30.2 Å². The van der Waals surface area contributed by atoms with Crippen LogP contribution in [-0.4, -0.2) is 66.1 Å². The summed E-state index contributed by atoms with van der Waals surface area (Å²) in [6.07, 6.45) is 5.00. The van der Waals surface area contributed by atoms with Crippen LogP contribution in [0, 0.1) is 11.6 Å². The van der Waals surface area contributed by atoms with Crippen molar-refractivity contribution in [3.63, 3.8) is 0 Å². The molecule has 10 heteroatoms. The molecule has 0 spiro atoms. The molecule has 3 heterocycles. The third kappa shape index (κ3) is 5.40. The number of carbonyl (C=O) groups is 1. The third-order valence-electron chi connectivity index (χ3n) is 8.53. The van der Waals surface area contributed by atoms with Crippen molar-refractivity contribution in [1.82, 2.24) is 14.9 Å². The van der Waals surface area contributed by atoms with Gasteiger partial charge in [-0.2, -0.15) is 0 Å². The number of amides is 1. The van der Waals surface area contributed by atoms with E-state index >= 15 is 8.78 Å². The quantitative estimate of drug-likeness (QED) is 0.365. The largest absolute Gasteiger partial charge is 0.476 e. The lowest BCUT2D eigenvalue weighted by atomic mass is 10.0. The number of hydrogen-bond acceptors (Lipinski definition) is 7. The number of carbonyl (C=O) groups excluding carboxylic acids is 1. The number of nitrogens with one attached hydrogen (secondary N) is 1. The number of piperidine rings is 1. The van der Waals surface area contributed by atoms with E-state index in [-0.39, 0.29) is 29.5 Å². The summed E-state index contributed by atoms with van der Waals surface area (Å²) in [6.45, 7) is 7.03. The Hall–Kier alpha value is -3.79. The standard InChI is InChI=1S/C32H38F2N6O2/c1-18(2)40-28-15-21(14-26(34)30(28)42-19(3)31(40)41)29-24(20-6-7-20)17-35-32(37-29)36-22-8-9-27(25(33)16-22)39-12-10-23(11-13-39)38(4)5/h8-9,14-20,23H,6-7,10-13H2,1-5H3,(H,35,36,37). The van der Waals surface area contributed by atoms with Gasteiger partial charge in [-0.15, -0.1) is 0 Å². The maximum absolute atomic E-state index is 15.5. The molecule has 3 aliphatic rings. The summed E-state index contributed by atoms with van der Waals surface area (Å²) in [5, 5.41) is 3.14. The molecule has 8 nitrogen and oxygen atoms in total. The van der Waals surface area contributed by atoms with Gasteiger partial charge in [0.2, 0.25) is 5.95 Å². The Morgan fingerprint density at radius 2 is 1.76 bits per heavy atom. The van der Waals surface area contributed by atoms with Crippen LogP contribution in [0.2, 0.25) is 0 Å². The van der Waals surface area contributed by atoms with Crippen molar-refractivity contribution < 1.29 is 18.3 Å². The maximum atomic E-state index is 15.5. The van der Waals surface area contributed by atoms with E-state index in [0.29, 0.717) is 40.3 Å². The number of halogens is 2. The van der Waals surface area contributed by atoms with E-state index in [1.807, 2.05) is 19.9 Å². The second kappa shape index (κ2) is 11.1. The molecule has 1 aliphatic carbocycles. The number of nitrogens with zero attached hydrogens (tertiary/aromatic N) is 5. The van der Waals surface area contributed by atoms with Gasteiger partial charge in [-0.25, -0.2) is 18.7 Å². The van der Waals surface area contributed by atoms with E-state index < -0.39 is 11.9 Å². The lowest BCUT2D eigenvalue weighted by Crippen LogP contribution is -2.48. The van der Waals surface area contributed by atoms with Gasteiger partial charge in [0.05, 0.1) is 17.1 Å². The Kier molecular flexibility index (Phi) is 7.51. The van der Waals surface area contributed by atoms with E-state index in [4.69, 9.17) is 9.72 Å². The minimum atomic E-state index is -0.770. The molecule has 1 saturated carbocycles. The number of aromatic nitrogens is 2. The lowest BCUT2D eigenvalue weighted by molar-refractivity contribution is -0.126. The van der Waals surface area contributed by atoms with Crippen LogP contribution in [0.1, 0.15) is 57.9 Å². The van der Waals surface area contributed by atoms with Crippen molar-refractivity contribution in [2.24, 2.45) is 0 Å². The second-order valence-electron chi connectivity index (χ2n) is 12.1. The first-order valence-corrected chi connectivity index (χ1v) is 14.8. The van der Waals surface area contributed by atoms with Crippen molar-refractivity contribution in [2.75, 3.05) is 42.3 Å². The van der Waals surface area contributed by atoms with Gasteiger partial charge in [0.25, 0.3) is 5.91 Å². The predicted octanol–water partition coefficient (Wildman–Crippen LogP) is 6.10. The zero-order valence-corrected chi connectivity index (χ0v) is 24.8. The Balaban J connectivity index is 1.29. The fourth-order valence-electron chi connectivity index (χ4n) is 6.05. The highest BCUT2D eigenvalue weighted by atomic mass is 19.1. The van der Waals surface area contributed by atoms with Crippen LogP contribution in [0.25, 0.3) is 11.3 Å². The summed E-state index contributed by atoms with van der Waals surface area (Å²) in [6, 6.07) is 8.61. The minimum absolute atomic E-state index is 0.0708. The predicted molar refractivity (Wildman–Crippen MR) is 161 cm³/mol. The lowest BCUT2D eigenvalue weighted by Gasteiger charge is -2.36. The topological polar surface area (TPSA) is 73.8 Å². The van der Waals surface area contributed by atoms with Crippen molar-refractivity contribution >= 4 is 28.9 Å². The van der Waals surface area contributed by atoms with Crippen LogP contribution < -0.4 is 19.9 Å². The highest BCUT2D eigenvalue weighted by molar-refractivity contribution is 6.01. The number of anilines is 4. The van der Waals surface area contributed by atoms with Gasteiger partial charge in [-0.1, -0.05) is 0 Å². The van der Waals surface area contributed by atoms with Crippen LogP contribution in [0.3, 0.4) is 0 Å². The zero-order chi connectivity index (χ0) is 29.7. The molecule has 1 amide bonds. The van der Waals surface area contributed by atoms with Crippen molar-refractivity contribution in [1.29, 1.82) is 0 Å². The van der Waals surface area contributed by atoms with Gasteiger partial charge in [0, 0.05) is 48.2 Å². The van der Waals surface area contributed by atoms with E-state index in [2.05, 4.69) is 34.2 Å². The number of hydrogen-bond donors (Lipinski definition) is 1. The summed E-state index contributed by atoms with van der Waals surface area (Å²) in [5.41, 5.74) is 3.57. The van der Waals surface area contributed by atoms with Gasteiger partial charge in [0.1, 0.15) is 5.82 Å². The van der Waals surface area contributed by atoms with Gasteiger partial charge < -0.3 is 24.8 Å². The van der Waals surface area contributed by atoms with Gasteiger partial charge in [-0.05, 0) is 96.8 Å². The Morgan fingerprint density at radius 1 is 1.02 bits per heavy atom. The van der Waals surface area contributed by atoms with Crippen LogP contribution in [0.4, 0.5) is 31.8 Å². The maximum Gasteiger partial charge on any atom is 0.268 e. The second-order valence-corrected chi connectivity index (χ2v) is 12.1. The first-order chi connectivity index (χ1) is 20.1. The van der Waals surface area contributed by atoms with Crippen LogP contribution >= 0.6 is 0 Å². The van der Waals surface area contributed by atoms with Gasteiger partial charge >= 0.3 is 0 Å². The normalized spacial score (nSPS) is 19.4. The summed E-state index contributed by atoms with van der Waals surface area (Å²) in [4.78, 5) is 28.2. The molecule has 0 radical (unpaired) electrons. The summed E-state index contributed by atoms with van der Waals surface area (Å²) < 4.78 is 36.4.